The fourth-order valence-electron chi connectivity index (χ4n) is 1.08. The van der Waals surface area contributed by atoms with E-state index in [9.17, 15) is 4.79 Å². The second-order valence-corrected chi connectivity index (χ2v) is 5.21. The lowest BCUT2D eigenvalue weighted by molar-refractivity contribution is 0.0701. The number of thiophene rings is 1. The zero-order valence-corrected chi connectivity index (χ0v) is 10.2. The topological polar surface area (TPSA) is 63.3 Å². The Bertz CT molecular complexity index is 325. The molecule has 0 saturated carbocycles. The van der Waals surface area contributed by atoms with E-state index in [1.165, 1.54) is 11.3 Å². The summed E-state index contributed by atoms with van der Waals surface area (Å²) in [7, 11) is 0. The molecule has 0 spiro atoms. The van der Waals surface area contributed by atoms with E-state index in [4.69, 9.17) is 10.8 Å². The van der Waals surface area contributed by atoms with Crippen LogP contribution in [-0.4, -0.2) is 22.9 Å². The third kappa shape index (κ3) is 3.85. The monoisotopic (exact) mass is 245 g/mol. The zero-order chi connectivity index (χ0) is 11.3. The first-order valence-corrected chi connectivity index (χ1v) is 6.81. The summed E-state index contributed by atoms with van der Waals surface area (Å²) in [5.41, 5.74) is 6.68. The minimum atomic E-state index is -0.833. The highest BCUT2D eigenvalue weighted by atomic mass is 32.2. The summed E-state index contributed by atoms with van der Waals surface area (Å²) in [5.74, 6) is 0.782. The Kier molecular flexibility index (Phi) is 5.14. The van der Waals surface area contributed by atoms with Crippen molar-refractivity contribution in [3.63, 3.8) is 0 Å². The van der Waals surface area contributed by atoms with Gasteiger partial charge in [-0.3, -0.25) is 0 Å². The maximum atomic E-state index is 10.8. The molecule has 0 amide bonds. The number of carboxylic acids is 1. The van der Waals surface area contributed by atoms with Crippen molar-refractivity contribution in [3.8, 4) is 0 Å². The van der Waals surface area contributed by atoms with Gasteiger partial charge in [0.15, 0.2) is 0 Å². The predicted molar refractivity (Wildman–Crippen MR) is 65.7 cm³/mol. The van der Waals surface area contributed by atoms with Crippen LogP contribution in [0.2, 0.25) is 0 Å². The van der Waals surface area contributed by atoms with Gasteiger partial charge in [-0.15, -0.1) is 11.3 Å². The molecule has 3 N–H and O–H groups in total. The number of nitrogens with two attached hydrogens (primary N) is 1. The molecule has 0 aliphatic rings. The van der Waals surface area contributed by atoms with Crippen LogP contribution in [0.25, 0.3) is 0 Å². The van der Waals surface area contributed by atoms with E-state index in [1.54, 1.807) is 11.8 Å². The molecule has 3 nitrogen and oxygen atoms in total. The van der Waals surface area contributed by atoms with Crippen LogP contribution < -0.4 is 5.73 Å². The second kappa shape index (κ2) is 6.15. The van der Waals surface area contributed by atoms with Gasteiger partial charge in [0.05, 0.1) is 0 Å². The van der Waals surface area contributed by atoms with Crippen LogP contribution in [0.5, 0.6) is 0 Å². The molecule has 1 unspecified atom stereocenters. The van der Waals surface area contributed by atoms with Gasteiger partial charge in [0.25, 0.3) is 0 Å². The lowest BCUT2D eigenvalue weighted by Crippen LogP contribution is -2.21. The second-order valence-electron chi connectivity index (χ2n) is 3.26. The predicted octanol–water partition coefficient (Wildman–Crippen LogP) is 2.42. The molecule has 0 bridgehead atoms. The third-order valence-electron chi connectivity index (χ3n) is 2.05. The molecule has 5 heteroatoms. The maximum Gasteiger partial charge on any atom is 0.346 e. The number of hydrogen-bond donors (Lipinski definition) is 2. The Labute approximate surface area is 97.7 Å². The average molecular weight is 245 g/mol. The lowest BCUT2D eigenvalue weighted by Gasteiger charge is -2.07. The van der Waals surface area contributed by atoms with Gasteiger partial charge in [-0.05, 0) is 23.4 Å². The molecule has 1 aromatic rings. The fourth-order valence-corrected chi connectivity index (χ4v) is 3.04. The van der Waals surface area contributed by atoms with E-state index in [1.807, 2.05) is 11.4 Å². The van der Waals surface area contributed by atoms with Crippen LogP contribution in [0, 0.1) is 0 Å². The smallest absolute Gasteiger partial charge is 0.346 e. The molecule has 0 aromatic carbocycles. The van der Waals surface area contributed by atoms with Crippen LogP contribution in [-0.2, 0) is 5.75 Å². The highest BCUT2D eigenvalue weighted by molar-refractivity contribution is 7.98. The zero-order valence-electron chi connectivity index (χ0n) is 8.60. The molecule has 0 radical (unpaired) electrons. The molecule has 0 aliphatic carbocycles. The number of thioether (sulfide) groups is 1. The lowest BCUT2D eigenvalue weighted by atomic mass is 10.3. The Morgan fingerprint density at radius 1 is 1.73 bits per heavy atom. The van der Waals surface area contributed by atoms with E-state index < -0.39 is 5.97 Å². The number of carbonyl (C=O) groups is 1. The first-order valence-electron chi connectivity index (χ1n) is 4.78. The molecule has 15 heavy (non-hydrogen) atoms. The standard InChI is InChI=1S/C10H15NO2S2/c1-2-8(11)6-14-5-7-3-4-15-9(7)10(12)13/h3-4,8H,2,5-6,11H2,1H3,(H,12,13). The quantitative estimate of drug-likeness (QED) is 0.808. The Morgan fingerprint density at radius 3 is 3.07 bits per heavy atom. The summed E-state index contributed by atoms with van der Waals surface area (Å²) in [6.45, 7) is 2.05. The van der Waals surface area contributed by atoms with E-state index in [0.29, 0.717) is 4.88 Å². The Morgan fingerprint density at radius 2 is 2.47 bits per heavy atom. The average Bonchev–Trinajstić information content (AvgIpc) is 2.65. The van der Waals surface area contributed by atoms with Crippen molar-refractivity contribution in [2.45, 2.75) is 25.1 Å². The minimum Gasteiger partial charge on any atom is -0.477 e. The van der Waals surface area contributed by atoms with Gasteiger partial charge >= 0.3 is 5.97 Å². The van der Waals surface area contributed by atoms with Crippen molar-refractivity contribution in [3.05, 3.63) is 21.9 Å². The molecular formula is C10H15NO2S2. The van der Waals surface area contributed by atoms with Gasteiger partial charge in [0, 0.05) is 17.5 Å². The van der Waals surface area contributed by atoms with Gasteiger partial charge in [-0.25, -0.2) is 4.79 Å². The van der Waals surface area contributed by atoms with Gasteiger partial charge < -0.3 is 10.8 Å². The molecule has 84 valence electrons. The molecule has 1 rings (SSSR count). The van der Waals surface area contributed by atoms with Crippen molar-refractivity contribution in [1.29, 1.82) is 0 Å². The minimum absolute atomic E-state index is 0.210. The number of carboxylic acid groups (broad SMARTS) is 1. The number of aromatic carboxylic acids is 1. The van der Waals surface area contributed by atoms with Crippen molar-refractivity contribution >= 4 is 29.1 Å². The van der Waals surface area contributed by atoms with Gasteiger partial charge in [-0.1, -0.05) is 6.92 Å². The van der Waals surface area contributed by atoms with Gasteiger partial charge in [-0.2, -0.15) is 11.8 Å². The summed E-state index contributed by atoms with van der Waals surface area (Å²) >= 11 is 2.97. The van der Waals surface area contributed by atoms with E-state index in [2.05, 4.69) is 6.92 Å². The summed E-state index contributed by atoms with van der Waals surface area (Å²) in [4.78, 5) is 11.3. The van der Waals surface area contributed by atoms with E-state index in [0.717, 1.165) is 23.5 Å². The highest BCUT2D eigenvalue weighted by Gasteiger charge is 2.11. The van der Waals surface area contributed by atoms with Crippen molar-refractivity contribution in [2.75, 3.05) is 5.75 Å². The normalized spacial score (nSPS) is 12.7. The molecule has 1 aromatic heterocycles. The van der Waals surface area contributed by atoms with Gasteiger partial charge in [0.2, 0.25) is 0 Å². The van der Waals surface area contributed by atoms with Crippen LogP contribution >= 0.6 is 23.1 Å². The number of hydrogen-bond acceptors (Lipinski definition) is 4. The van der Waals surface area contributed by atoms with E-state index in [-0.39, 0.29) is 6.04 Å². The van der Waals surface area contributed by atoms with Crippen LogP contribution in [0.4, 0.5) is 0 Å². The summed E-state index contributed by atoms with van der Waals surface area (Å²) in [6, 6.07) is 2.08. The molecule has 1 heterocycles. The van der Waals surface area contributed by atoms with Crippen molar-refractivity contribution in [1.82, 2.24) is 0 Å². The van der Waals surface area contributed by atoms with Crippen LogP contribution in [0.1, 0.15) is 28.6 Å². The first-order chi connectivity index (χ1) is 7.15. The van der Waals surface area contributed by atoms with E-state index >= 15 is 0 Å². The van der Waals surface area contributed by atoms with Gasteiger partial charge in [0.1, 0.15) is 4.88 Å². The highest BCUT2D eigenvalue weighted by Crippen LogP contribution is 2.22. The number of rotatable bonds is 6. The summed E-state index contributed by atoms with van der Waals surface area (Å²) in [6.07, 6.45) is 0.961. The van der Waals surface area contributed by atoms with Crippen molar-refractivity contribution in [2.24, 2.45) is 5.73 Å². The Hall–Kier alpha value is -0.520. The van der Waals surface area contributed by atoms with Crippen molar-refractivity contribution < 1.29 is 9.90 Å². The fraction of sp³-hybridized carbons (Fsp3) is 0.500. The molecular weight excluding hydrogens is 230 g/mol. The molecule has 0 fully saturated rings. The third-order valence-corrected chi connectivity index (χ3v) is 4.18. The molecule has 0 aliphatic heterocycles. The largest absolute Gasteiger partial charge is 0.477 e. The van der Waals surface area contributed by atoms with Crippen LogP contribution in [0.15, 0.2) is 11.4 Å². The molecule has 1 atom stereocenters. The summed E-state index contributed by atoms with van der Waals surface area (Å²) in [5, 5.41) is 10.7. The summed E-state index contributed by atoms with van der Waals surface area (Å²) < 4.78 is 0. The Balaban J connectivity index is 2.44. The first kappa shape index (κ1) is 12.5. The van der Waals surface area contributed by atoms with Crippen LogP contribution in [0.3, 0.4) is 0 Å². The molecule has 0 saturated heterocycles. The SMILES string of the molecule is CCC(N)CSCc1ccsc1C(=O)O. The maximum absolute atomic E-state index is 10.8.